The molecule has 188 valence electrons. The lowest BCUT2D eigenvalue weighted by atomic mass is 9.79. The predicted molar refractivity (Wildman–Crippen MR) is 135 cm³/mol. The van der Waals surface area contributed by atoms with E-state index < -0.39 is 0 Å². The second-order valence-electron chi connectivity index (χ2n) is 10.9. The number of amides is 2. The average molecular weight is 481 g/mol. The van der Waals surface area contributed by atoms with E-state index >= 15 is 0 Å². The maximum absolute atomic E-state index is 13.2. The highest BCUT2D eigenvalue weighted by Gasteiger charge is 2.39. The second-order valence-corrected chi connectivity index (χ2v) is 10.9. The highest BCUT2D eigenvalue weighted by molar-refractivity contribution is 6.06. The highest BCUT2D eigenvalue weighted by Crippen LogP contribution is 2.32. The van der Waals surface area contributed by atoms with Gasteiger partial charge in [0.1, 0.15) is 11.5 Å². The average Bonchev–Trinajstić information content (AvgIpc) is 3.12. The molecule has 1 saturated heterocycles. The Morgan fingerprint density at radius 3 is 2.49 bits per heavy atom. The molecule has 8 heteroatoms. The summed E-state index contributed by atoms with van der Waals surface area (Å²) in [7, 11) is 0. The normalized spacial score (nSPS) is 20.2. The Hall–Kier alpha value is -3.13. The largest absolute Gasteiger partial charge is 0.484 e. The van der Waals surface area contributed by atoms with Gasteiger partial charge in [0.25, 0.3) is 11.8 Å². The Morgan fingerprint density at radius 1 is 1.11 bits per heavy atom. The van der Waals surface area contributed by atoms with Crippen LogP contribution in [-0.4, -0.2) is 41.3 Å². The molecule has 2 amide bonds. The first kappa shape index (κ1) is 25.0. The third-order valence-electron chi connectivity index (χ3n) is 6.49. The van der Waals surface area contributed by atoms with Gasteiger partial charge in [-0.3, -0.25) is 9.59 Å². The van der Waals surface area contributed by atoms with Gasteiger partial charge in [0.2, 0.25) is 0 Å². The third-order valence-corrected chi connectivity index (χ3v) is 6.49. The van der Waals surface area contributed by atoms with Crippen LogP contribution in [0, 0.1) is 6.92 Å². The number of hydrogen-bond donors (Lipinski definition) is 3. The number of hydrogen-bond acceptors (Lipinski definition) is 6. The summed E-state index contributed by atoms with van der Waals surface area (Å²) < 4.78 is 11.5. The van der Waals surface area contributed by atoms with Gasteiger partial charge in [-0.1, -0.05) is 18.2 Å². The van der Waals surface area contributed by atoms with E-state index in [0.717, 1.165) is 48.3 Å². The molecule has 1 aromatic carbocycles. The van der Waals surface area contributed by atoms with Crippen molar-refractivity contribution in [3.05, 3.63) is 53.0 Å². The number of aryl methyl sites for hydroxylation is 1. The van der Waals surface area contributed by atoms with Crippen LogP contribution < -0.4 is 20.8 Å². The van der Waals surface area contributed by atoms with Crippen molar-refractivity contribution in [2.75, 3.05) is 6.61 Å². The molecule has 1 aliphatic heterocycles. The molecule has 0 radical (unpaired) electrons. The molecule has 1 aromatic heterocycles. The molecule has 0 atom stereocenters. The number of piperidine rings is 1. The van der Waals surface area contributed by atoms with Crippen LogP contribution in [-0.2, 0) is 11.2 Å². The van der Waals surface area contributed by atoms with E-state index in [2.05, 4.69) is 48.9 Å². The minimum Gasteiger partial charge on any atom is -0.484 e. The van der Waals surface area contributed by atoms with E-state index in [1.54, 1.807) is 12.1 Å². The Kier molecular flexibility index (Phi) is 7.03. The Balaban J connectivity index is 1.44. The summed E-state index contributed by atoms with van der Waals surface area (Å²) in [6.45, 7) is 10.4. The number of furan rings is 1. The van der Waals surface area contributed by atoms with Crippen LogP contribution in [0.1, 0.15) is 80.8 Å². The summed E-state index contributed by atoms with van der Waals surface area (Å²) in [5.74, 6) is 1.16. The van der Waals surface area contributed by atoms with Gasteiger partial charge in [-0.2, -0.15) is 5.10 Å². The van der Waals surface area contributed by atoms with Crippen LogP contribution in [0.4, 0.5) is 0 Å². The lowest BCUT2D eigenvalue weighted by Gasteiger charge is -2.46. The fourth-order valence-corrected chi connectivity index (χ4v) is 5.50. The lowest BCUT2D eigenvalue weighted by Crippen LogP contribution is -2.62. The number of para-hydroxylation sites is 1. The van der Waals surface area contributed by atoms with Crippen molar-refractivity contribution in [2.24, 2.45) is 5.10 Å². The summed E-state index contributed by atoms with van der Waals surface area (Å²) >= 11 is 0. The van der Waals surface area contributed by atoms with Crippen LogP contribution in [0.25, 0.3) is 0 Å². The number of nitrogens with one attached hydrogen (secondary N) is 3. The SMILES string of the molecule is Cc1c(C(=O)NC2CC(C)(C)NC(C)(C)C2)oc2c1/C(=N/NC(=O)COc1ccccc1)CCC2. The Morgan fingerprint density at radius 2 is 1.80 bits per heavy atom. The van der Waals surface area contributed by atoms with Crippen LogP contribution in [0.3, 0.4) is 0 Å². The molecule has 4 rings (SSSR count). The van der Waals surface area contributed by atoms with Crippen molar-refractivity contribution in [1.82, 2.24) is 16.1 Å². The number of carbonyl (C=O) groups is 2. The van der Waals surface area contributed by atoms with Gasteiger partial charge >= 0.3 is 0 Å². The molecule has 2 aliphatic rings. The van der Waals surface area contributed by atoms with Crippen LogP contribution in [0.15, 0.2) is 39.9 Å². The molecule has 3 N–H and O–H groups in total. The van der Waals surface area contributed by atoms with Gasteiger partial charge in [-0.15, -0.1) is 0 Å². The zero-order valence-corrected chi connectivity index (χ0v) is 21.3. The Labute approximate surface area is 206 Å². The second kappa shape index (κ2) is 9.85. The molecule has 0 bridgehead atoms. The van der Waals surface area contributed by atoms with Gasteiger partial charge in [0.15, 0.2) is 12.4 Å². The first-order valence-electron chi connectivity index (χ1n) is 12.3. The number of fused-ring (bicyclic) bond motifs is 1. The topological polar surface area (TPSA) is 105 Å². The molecular weight excluding hydrogens is 444 g/mol. The van der Waals surface area contributed by atoms with Crippen molar-refractivity contribution in [3.8, 4) is 5.75 Å². The number of carbonyl (C=O) groups excluding carboxylic acids is 2. The first-order valence-corrected chi connectivity index (χ1v) is 12.3. The molecule has 0 unspecified atom stereocenters. The van der Waals surface area contributed by atoms with Gasteiger partial charge in [-0.05, 0) is 72.4 Å². The van der Waals surface area contributed by atoms with Gasteiger partial charge in [0, 0.05) is 34.7 Å². The van der Waals surface area contributed by atoms with Crippen LogP contribution in [0.5, 0.6) is 5.75 Å². The van der Waals surface area contributed by atoms with Crippen molar-refractivity contribution in [3.63, 3.8) is 0 Å². The molecule has 0 spiro atoms. The van der Waals surface area contributed by atoms with Crippen molar-refractivity contribution >= 4 is 17.5 Å². The zero-order valence-electron chi connectivity index (χ0n) is 21.3. The lowest BCUT2D eigenvalue weighted by molar-refractivity contribution is -0.123. The van der Waals surface area contributed by atoms with E-state index in [1.807, 2.05) is 25.1 Å². The minimum atomic E-state index is -0.344. The quantitative estimate of drug-likeness (QED) is 0.545. The maximum Gasteiger partial charge on any atom is 0.287 e. The van der Waals surface area contributed by atoms with E-state index in [1.165, 1.54) is 0 Å². The molecule has 2 aromatic rings. The van der Waals surface area contributed by atoms with E-state index in [9.17, 15) is 9.59 Å². The zero-order chi connectivity index (χ0) is 25.2. The maximum atomic E-state index is 13.2. The smallest absolute Gasteiger partial charge is 0.287 e. The molecule has 35 heavy (non-hydrogen) atoms. The summed E-state index contributed by atoms with van der Waals surface area (Å²) in [6, 6.07) is 9.21. The molecular formula is C27H36N4O4. The summed E-state index contributed by atoms with van der Waals surface area (Å²) in [5, 5.41) is 11.2. The number of hydrazone groups is 1. The Bertz CT molecular complexity index is 1100. The fraction of sp³-hybridized carbons (Fsp3) is 0.519. The number of rotatable bonds is 6. The van der Waals surface area contributed by atoms with Gasteiger partial charge < -0.3 is 19.8 Å². The predicted octanol–water partition coefficient (Wildman–Crippen LogP) is 3.86. The number of benzene rings is 1. The van der Waals surface area contributed by atoms with E-state index in [-0.39, 0.29) is 35.5 Å². The molecule has 2 heterocycles. The van der Waals surface area contributed by atoms with E-state index in [4.69, 9.17) is 9.15 Å². The summed E-state index contributed by atoms with van der Waals surface area (Å²) in [5.41, 5.74) is 4.77. The highest BCUT2D eigenvalue weighted by atomic mass is 16.5. The standard InChI is InChI=1S/C27H36N4O4/c1-17-23-20(29-30-22(32)16-34-19-10-7-6-8-11-19)12-9-13-21(23)35-24(17)25(33)28-18-14-26(2,3)31-27(4,5)15-18/h6-8,10-11,18,31H,9,12-16H2,1-5H3,(H,28,33)(H,30,32)/b29-20+. The molecule has 0 saturated carbocycles. The van der Waals surface area contributed by atoms with Gasteiger partial charge in [-0.25, -0.2) is 5.43 Å². The number of ether oxygens (including phenoxy) is 1. The van der Waals surface area contributed by atoms with Crippen molar-refractivity contribution < 1.29 is 18.7 Å². The third kappa shape index (κ3) is 6.11. The first-order chi connectivity index (χ1) is 16.5. The van der Waals surface area contributed by atoms with Crippen LogP contribution >= 0.6 is 0 Å². The summed E-state index contributed by atoms with van der Waals surface area (Å²) in [6.07, 6.45) is 3.95. The van der Waals surface area contributed by atoms with Crippen molar-refractivity contribution in [1.29, 1.82) is 0 Å². The molecule has 1 aliphatic carbocycles. The monoisotopic (exact) mass is 480 g/mol. The number of nitrogens with zero attached hydrogens (tertiary/aromatic N) is 1. The van der Waals surface area contributed by atoms with Crippen molar-refractivity contribution in [2.45, 2.75) is 83.8 Å². The molecule has 8 nitrogen and oxygen atoms in total. The fourth-order valence-electron chi connectivity index (χ4n) is 5.50. The molecule has 1 fully saturated rings. The minimum absolute atomic E-state index is 0.0484. The van der Waals surface area contributed by atoms with E-state index in [0.29, 0.717) is 17.9 Å². The summed E-state index contributed by atoms with van der Waals surface area (Å²) in [4.78, 5) is 25.5. The van der Waals surface area contributed by atoms with Gasteiger partial charge in [0.05, 0.1) is 5.71 Å². The van der Waals surface area contributed by atoms with Crippen LogP contribution in [0.2, 0.25) is 0 Å².